The second kappa shape index (κ2) is 8.65. The summed E-state index contributed by atoms with van der Waals surface area (Å²) in [5, 5.41) is 9.47. The van der Waals surface area contributed by atoms with Gasteiger partial charge in [0.2, 0.25) is 0 Å². The highest BCUT2D eigenvalue weighted by Gasteiger charge is 2.17. The predicted molar refractivity (Wildman–Crippen MR) is 120 cm³/mol. The summed E-state index contributed by atoms with van der Waals surface area (Å²) in [5.74, 6) is 1.85. The molecule has 0 amide bonds. The van der Waals surface area contributed by atoms with Crippen molar-refractivity contribution in [2.45, 2.75) is 10.9 Å². The molecule has 0 saturated carbocycles. The Bertz CT molecular complexity index is 1320. The molecule has 0 saturated heterocycles. The minimum Gasteiger partial charge on any atom is -0.497 e. The Morgan fingerprint density at radius 3 is 2.32 bits per heavy atom. The molecule has 2 aromatic heterocycles. The van der Waals surface area contributed by atoms with E-state index in [9.17, 15) is 9.59 Å². The molecule has 0 radical (unpaired) electrons. The van der Waals surface area contributed by atoms with Crippen LogP contribution < -0.4 is 16.0 Å². The van der Waals surface area contributed by atoms with Crippen molar-refractivity contribution in [1.82, 2.24) is 23.9 Å². The van der Waals surface area contributed by atoms with E-state index in [2.05, 4.69) is 10.2 Å². The number of rotatable bonds is 6. The normalized spacial score (nSPS) is 10.9. The third-order valence-corrected chi connectivity index (χ3v) is 5.93. The smallest absolute Gasteiger partial charge is 0.330 e. The Morgan fingerprint density at radius 2 is 1.65 bits per heavy atom. The quantitative estimate of drug-likeness (QED) is 0.433. The molecule has 0 atom stereocenters. The Morgan fingerprint density at radius 1 is 0.935 bits per heavy atom. The lowest BCUT2D eigenvalue weighted by atomic mass is 10.2. The Kier molecular flexibility index (Phi) is 5.77. The molecule has 0 aliphatic rings. The summed E-state index contributed by atoms with van der Waals surface area (Å²) < 4.78 is 9.77. The van der Waals surface area contributed by atoms with Crippen molar-refractivity contribution in [3.8, 4) is 22.8 Å². The summed E-state index contributed by atoms with van der Waals surface area (Å²) in [4.78, 5) is 24.3. The van der Waals surface area contributed by atoms with E-state index >= 15 is 0 Å². The molecule has 8 nitrogen and oxygen atoms in total. The van der Waals surface area contributed by atoms with Crippen LogP contribution in [-0.4, -0.2) is 31.0 Å². The standard InChI is InChI=1S/C22H21N5O3S/c1-25-17(13-19(28)26(2)22(25)29)14-31-21-24-23-20(15-9-11-18(30-3)12-10-15)27(21)16-7-5-4-6-8-16/h4-13H,14H2,1-3H3. The van der Waals surface area contributed by atoms with Crippen molar-refractivity contribution in [1.29, 1.82) is 0 Å². The zero-order chi connectivity index (χ0) is 22.0. The molecular formula is C22H21N5O3S. The van der Waals surface area contributed by atoms with Gasteiger partial charge in [0, 0.05) is 42.9 Å². The molecule has 0 N–H and O–H groups in total. The fraction of sp³-hybridized carbons (Fsp3) is 0.182. The number of thioether (sulfide) groups is 1. The van der Waals surface area contributed by atoms with Crippen molar-refractivity contribution >= 4 is 11.8 Å². The van der Waals surface area contributed by atoms with Crippen LogP contribution in [0.5, 0.6) is 5.75 Å². The lowest BCUT2D eigenvalue weighted by Crippen LogP contribution is -2.37. The fourth-order valence-electron chi connectivity index (χ4n) is 3.16. The molecule has 4 aromatic rings. The van der Waals surface area contributed by atoms with Crippen LogP contribution in [0.25, 0.3) is 17.1 Å². The lowest BCUT2D eigenvalue weighted by molar-refractivity contribution is 0.415. The maximum absolute atomic E-state index is 12.2. The number of hydrogen-bond acceptors (Lipinski definition) is 6. The zero-order valence-corrected chi connectivity index (χ0v) is 18.2. The summed E-state index contributed by atoms with van der Waals surface area (Å²) in [6.07, 6.45) is 0. The molecular weight excluding hydrogens is 414 g/mol. The monoisotopic (exact) mass is 435 g/mol. The van der Waals surface area contributed by atoms with Crippen molar-refractivity contribution in [2.75, 3.05) is 7.11 Å². The molecule has 0 aliphatic carbocycles. The summed E-state index contributed by atoms with van der Waals surface area (Å²) in [6.45, 7) is 0. The second-order valence-electron chi connectivity index (χ2n) is 6.87. The third kappa shape index (κ3) is 4.04. The van der Waals surface area contributed by atoms with E-state index < -0.39 is 0 Å². The number of benzene rings is 2. The number of ether oxygens (including phenoxy) is 1. The van der Waals surface area contributed by atoms with Crippen LogP contribution in [-0.2, 0) is 19.8 Å². The first-order valence-corrected chi connectivity index (χ1v) is 10.5. The van der Waals surface area contributed by atoms with Gasteiger partial charge in [-0.15, -0.1) is 10.2 Å². The van der Waals surface area contributed by atoms with Crippen molar-refractivity contribution in [3.05, 3.63) is 87.2 Å². The highest BCUT2D eigenvalue weighted by atomic mass is 32.2. The first-order valence-electron chi connectivity index (χ1n) is 9.53. The Balaban J connectivity index is 1.74. The number of methoxy groups -OCH3 is 1. The molecule has 2 heterocycles. The number of nitrogens with zero attached hydrogens (tertiary/aromatic N) is 5. The minimum atomic E-state index is -0.355. The summed E-state index contributed by atoms with van der Waals surface area (Å²) >= 11 is 1.41. The lowest BCUT2D eigenvalue weighted by Gasteiger charge is -2.12. The van der Waals surface area contributed by atoms with Crippen molar-refractivity contribution < 1.29 is 4.74 Å². The van der Waals surface area contributed by atoms with Gasteiger partial charge in [0.05, 0.1) is 7.11 Å². The first-order chi connectivity index (χ1) is 15.0. The molecule has 4 rings (SSSR count). The SMILES string of the molecule is COc1ccc(-c2nnc(SCc3cc(=O)n(C)c(=O)n3C)n2-c2ccccc2)cc1. The average Bonchev–Trinajstić information content (AvgIpc) is 3.23. The largest absolute Gasteiger partial charge is 0.497 e. The van der Waals surface area contributed by atoms with E-state index in [0.717, 1.165) is 21.6 Å². The van der Waals surface area contributed by atoms with Crippen LogP contribution in [0.3, 0.4) is 0 Å². The molecule has 158 valence electrons. The van der Waals surface area contributed by atoms with E-state index in [1.54, 1.807) is 14.2 Å². The van der Waals surface area contributed by atoms with Crippen LogP contribution in [0, 0.1) is 0 Å². The van der Waals surface area contributed by atoms with Gasteiger partial charge < -0.3 is 4.74 Å². The topological polar surface area (TPSA) is 83.9 Å². The fourth-order valence-corrected chi connectivity index (χ4v) is 4.13. The van der Waals surface area contributed by atoms with Gasteiger partial charge >= 0.3 is 5.69 Å². The van der Waals surface area contributed by atoms with Crippen LogP contribution in [0.1, 0.15) is 5.69 Å². The third-order valence-electron chi connectivity index (χ3n) is 4.97. The molecule has 2 aromatic carbocycles. The Hall–Kier alpha value is -3.59. The molecule has 0 bridgehead atoms. The summed E-state index contributed by atoms with van der Waals surface area (Å²) in [6, 6.07) is 18.9. The van der Waals surface area contributed by atoms with Gasteiger partial charge in [-0.2, -0.15) is 0 Å². The average molecular weight is 436 g/mol. The summed E-state index contributed by atoms with van der Waals surface area (Å²) in [5.41, 5.74) is 1.74. The first kappa shape index (κ1) is 20.7. The molecule has 9 heteroatoms. The molecule has 0 spiro atoms. The Labute approximate surface area is 182 Å². The van der Waals surface area contributed by atoms with Crippen LogP contribution in [0.2, 0.25) is 0 Å². The predicted octanol–water partition coefficient (Wildman–Crippen LogP) is 2.63. The zero-order valence-electron chi connectivity index (χ0n) is 17.3. The molecule has 0 fully saturated rings. The molecule has 0 unspecified atom stereocenters. The van der Waals surface area contributed by atoms with E-state index in [0.29, 0.717) is 22.4 Å². The summed E-state index contributed by atoms with van der Waals surface area (Å²) in [7, 11) is 4.75. The number of hydrogen-bond donors (Lipinski definition) is 0. The maximum atomic E-state index is 12.2. The van der Waals surface area contributed by atoms with Gasteiger partial charge in [-0.3, -0.25) is 18.5 Å². The van der Waals surface area contributed by atoms with Crippen LogP contribution in [0.4, 0.5) is 0 Å². The van der Waals surface area contributed by atoms with Gasteiger partial charge in [-0.25, -0.2) is 4.79 Å². The molecule has 0 aliphatic heterocycles. The van der Waals surface area contributed by atoms with E-state index in [4.69, 9.17) is 4.74 Å². The van der Waals surface area contributed by atoms with Gasteiger partial charge in [0.25, 0.3) is 5.56 Å². The van der Waals surface area contributed by atoms with Gasteiger partial charge in [0.1, 0.15) is 5.75 Å². The minimum absolute atomic E-state index is 0.331. The van der Waals surface area contributed by atoms with Crippen molar-refractivity contribution in [2.24, 2.45) is 14.1 Å². The van der Waals surface area contributed by atoms with Crippen LogP contribution in [0.15, 0.2) is 75.4 Å². The second-order valence-corrected chi connectivity index (χ2v) is 7.81. The highest BCUT2D eigenvalue weighted by Crippen LogP contribution is 2.30. The van der Waals surface area contributed by atoms with Gasteiger partial charge in [-0.1, -0.05) is 30.0 Å². The van der Waals surface area contributed by atoms with E-state index in [-0.39, 0.29) is 11.2 Å². The highest BCUT2D eigenvalue weighted by molar-refractivity contribution is 7.98. The maximum Gasteiger partial charge on any atom is 0.330 e. The van der Waals surface area contributed by atoms with E-state index in [1.165, 1.54) is 29.4 Å². The van der Waals surface area contributed by atoms with Crippen molar-refractivity contribution in [3.63, 3.8) is 0 Å². The van der Waals surface area contributed by atoms with Gasteiger partial charge in [-0.05, 0) is 36.4 Å². The van der Waals surface area contributed by atoms with E-state index in [1.807, 2.05) is 59.2 Å². The van der Waals surface area contributed by atoms with Crippen LogP contribution >= 0.6 is 11.8 Å². The number of para-hydroxylation sites is 1. The molecule has 31 heavy (non-hydrogen) atoms. The van der Waals surface area contributed by atoms with Gasteiger partial charge in [0.15, 0.2) is 11.0 Å². The number of aromatic nitrogens is 5.